The van der Waals surface area contributed by atoms with Gasteiger partial charge >= 0.3 is 0 Å². The highest BCUT2D eigenvalue weighted by Gasteiger charge is 2.22. The highest BCUT2D eigenvalue weighted by Crippen LogP contribution is 2.26. The number of carbonyl (C=O) groups is 1. The minimum Gasteiger partial charge on any atom is -0.481 e. The van der Waals surface area contributed by atoms with Gasteiger partial charge in [0.1, 0.15) is 5.75 Å². The first kappa shape index (κ1) is 20.4. The van der Waals surface area contributed by atoms with Crippen molar-refractivity contribution in [2.24, 2.45) is 0 Å². The molecule has 28 heavy (non-hydrogen) atoms. The van der Waals surface area contributed by atoms with Crippen molar-refractivity contribution in [2.45, 2.75) is 77.9 Å². The van der Waals surface area contributed by atoms with E-state index < -0.39 is 6.10 Å². The van der Waals surface area contributed by atoms with Gasteiger partial charge in [-0.3, -0.25) is 4.79 Å². The summed E-state index contributed by atoms with van der Waals surface area (Å²) in [5.41, 5.74) is 5.41. The molecule has 0 heterocycles. The van der Waals surface area contributed by atoms with E-state index in [2.05, 4.69) is 56.4 Å². The summed E-state index contributed by atoms with van der Waals surface area (Å²) in [5.74, 6) is 0.676. The van der Waals surface area contributed by atoms with Crippen molar-refractivity contribution in [1.29, 1.82) is 0 Å². The van der Waals surface area contributed by atoms with Gasteiger partial charge in [0.05, 0.1) is 6.04 Å². The number of amides is 1. The molecule has 1 amide bonds. The topological polar surface area (TPSA) is 38.3 Å². The number of hydrogen-bond acceptors (Lipinski definition) is 2. The summed E-state index contributed by atoms with van der Waals surface area (Å²) in [4.78, 5) is 12.8. The third kappa shape index (κ3) is 4.76. The van der Waals surface area contributed by atoms with Crippen LogP contribution in [0.1, 0.15) is 75.8 Å². The minimum atomic E-state index is -0.489. The fourth-order valence-corrected chi connectivity index (χ4v) is 3.77. The Balaban J connectivity index is 1.63. The summed E-state index contributed by atoms with van der Waals surface area (Å²) in [6.07, 6.45) is 3.70. The lowest BCUT2D eigenvalue weighted by Crippen LogP contribution is -2.39. The van der Waals surface area contributed by atoms with Gasteiger partial charge in [-0.2, -0.15) is 0 Å². The third-order valence-corrected chi connectivity index (χ3v) is 5.64. The smallest absolute Gasteiger partial charge is 0.261 e. The number of fused-ring (bicyclic) bond motifs is 1. The average molecular weight is 380 g/mol. The van der Waals surface area contributed by atoms with Crippen LogP contribution in [0.4, 0.5) is 0 Å². The van der Waals surface area contributed by atoms with E-state index in [4.69, 9.17) is 4.74 Å². The van der Waals surface area contributed by atoms with Gasteiger partial charge in [-0.25, -0.2) is 0 Å². The highest BCUT2D eigenvalue weighted by atomic mass is 16.5. The van der Waals surface area contributed by atoms with Gasteiger partial charge in [0.15, 0.2) is 6.10 Å². The SMILES string of the molecule is CCC(Oc1ccc(C(C)(C)C)cc1)C(=O)NC(C)c1ccc2c(c1)CCC2. The summed E-state index contributed by atoms with van der Waals surface area (Å²) < 4.78 is 5.99. The maximum atomic E-state index is 12.8. The first-order valence-corrected chi connectivity index (χ1v) is 10.5. The molecule has 0 fully saturated rings. The molecule has 2 aromatic carbocycles. The summed E-state index contributed by atoms with van der Waals surface area (Å²) in [6, 6.07) is 14.6. The third-order valence-electron chi connectivity index (χ3n) is 5.64. The van der Waals surface area contributed by atoms with Crippen LogP contribution < -0.4 is 10.1 Å². The molecule has 0 saturated carbocycles. The summed E-state index contributed by atoms with van der Waals surface area (Å²) in [7, 11) is 0. The Kier molecular flexibility index (Phi) is 6.12. The molecule has 1 N–H and O–H groups in total. The standard InChI is InChI=1S/C25H33NO2/c1-6-23(28-22-14-12-21(13-15-22)25(3,4)5)24(27)26-17(2)19-11-10-18-8-7-9-20(18)16-19/h10-17,23H,6-9H2,1-5H3,(H,26,27). The van der Waals surface area contributed by atoms with E-state index in [1.54, 1.807) is 0 Å². The van der Waals surface area contributed by atoms with Gasteiger partial charge in [0.2, 0.25) is 0 Å². The van der Waals surface area contributed by atoms with Crippen molar-refractivity contribution < 1.29 is 9.53 Å². The van der Waals surface area contributed by atoms with Crippen LogP contribution in [-0.2, 0) is 23.1 Å². The zero-order valence-corrected chi connectivity index (χ0v) is 17.8. The largest absolute Gasteiger partial charge is 0.481 e. The van der Waals surface area contributed by atoms with Crippen LogP contribution in [-0.4, -0.2) is 12.0 Å². The molecule has 0 spiro atoms. The molecule has 1 aliphatic carbocycles. The van der Waals surface area contributed by atoms with Crippen LogP contribution in [0.15, 0.2) is 42.5 Å². The second-order valence-corrected chi connectivity index (χ2v) is 8.90. The molecule has 3 rings (SSSR count). The van der Waals surface area contributed by atoms with E-state index in [0.29, 0.717) is 6.42 Å². The Hall–Kier alpha value is -2.29. The summed E-state index contributed by atoms with van der Waals surface area (Å²) >= 11 is 0. The number of nitrogens with one attached hydrogen (secondary N) is 1. The molecule has 0 aliphatic heterocycles. The van der Waals surface area contributed by atoms with E-state index in [1.807, 2.05) is 26.0 Å². The van der Waals surface area contributed by atoms with Crippen LogP contribution in [0.3, 0.4) is 0 Å². The molecule has 0 radical (unpaired) electrons. The monoisotopic (exact) mass is 379 g/mol. The molecule has 2 aromatic rings. The van der Waals surface area contributed by atoms with Gasteiger partial charge in [-0.15, -0.1) is 0 Å². The minimum absolute atomic E-state index is 0.0284. The fourth-order valence-electron chi connectivity index (χ4n) is 3.77. The number of aryl methyl sites for hydroxylation is 2. The Morgan fingerprint density at radius 1 is 1.07 bits per heavy atom. The number of ether oxygens (including phenoxy) is 1. The fraction of sp³-hybridized carbons (Fsp3) is 0.480. The lowest BCUT2D eigenvalue weighted by Gasteiger charge is -2.22. The Morgan fingerprint density at radius 3 is 2.39 bits per heavy atom. The molecular weight excluding hydrogens is 346 g/mol. The molecule has 3 nitrogen and oxygen atoms in total. The molecule has 0 saturated heterocycles. The average Bonchev–Trinajstić information content (AvgIpc) is 3.13. The first-order valence-electron chi connectivity index (χ1n) is 10.5. The maximum absolute atomic E-state index is 12.8. The molecule has 150 valence electrons. The molecule has 0 aromatic heterocycles. The van der Waals surface area contributed by atoms with Crippen LogP contribution in [0, 0.1) is 0 Å². The Morgan fingerprint density at radius 2 is 1.75 bits per heavy atom. The Labute approximate surface area is 169 Å². The van der Waals surface area contributed by atoms with Crippen molar-refractivity contribution >= 4 is 5.91 Å². The van der Waals surface area contributed by atoms with E-state index in [-0.39, 0.29) is 17.4 Å². The number of rotatable bonds is 6. The molecule has 1 aliphatic rings. The van der Waals surface area contributed by atoms with Crippen molar-refractivity contribution in [1.82, 2.24) is 5.32 Å². The van der Waals surface area contributed by atoms with Crippen molar-refractivity contribution in [3.63, 3.8) is 0 Å². The van der Waals surface area contributed by atoms with E-state index in [9.17, 15) is 4.79 Å². The first-order chi connectivity index (χ1) is 13.3. The second-order valence-electron chi connectivity index (χ2n) is 8.90. The summed E-state index contributed by atoms with van der Waals surface area (Å²) in [6.45, 7) is 10.6. The predicted octanol–water partition coefficient (Wildman–Crippen LogP) is 5.51. The quantitative estimate of drug-likeness (QED) is 0.719. The van der Waals surface area contributed by atoms with Gasteiger partial charge in [-0.1, -0.05) is 58.0 Å². The summed E-state index contributed by atoms with van der Waals surface area (Å²) in [5, 5.41) is 3.13. The van der Waals surface area contributed by atoms with Crippen LogP contribution in [0.5, 0.6) is 5.75 Å². The maximum Gasteiger partial charge on any atom is 0.261 e. The van der Waals surface area contributed by atoms with Gasteiger partial charge in [0.25, 0.3) is 5.91 Å². The van der Waals surface area contributed by atoms with Gasteiger partial charge in [-0.05, 0) is 72.4 Å². The van der Waals surface area contributed by atoms with E-state index >= 15 is 0 Å². The molecule has 3 heteroatoms. The van der Waals surface area contributed by atoms with Gasteiger partial charge in [0, 0.05) is 0 Å². The van der Waals surface area contributed by atoms with Crippen LogP contribution in [0.2, 0.25) is 0 Å². The number of hydrogen-bond donors (Lipinski definition) is 1. The molecule has 0 bridgehead atoms. The van der Waals surface area contributed by atoms with Crippen molar-refractivity contribution in [3.05, 3.63) is 64.7 Å². The molecular formula is C25H33NO2. The lowest BCUT2D eigenvalue weighted by atomic mass is 9.87. The zero-order valence-electron chi connectivity index (χ0n) is 17.8. The van der Waals surface area contributed by atoms with Crippen molar-refractivity contribution in [2.75, 3.05) is 0 Å². The molecule has 2 atom stereocenters. The zero-order chi connectivity index (χ0) is 20.3. The number of carbonyl (C=O) groups excluding carboxylic acids is 1. The van der Waals surface area contributed by atoms with E-state index in [1.165, 1.54) is 35.1 Å². The van der Waals surface area contributed by atoms with Crippen LogP contribution >= 0.6 is 0 Å². The lowest BCUT2D eigenvalue weighted by molar-refractivity contribution is -0.128. The number of benzene rings is 2. The van der Waals surface area contributed by atoms with Crippen molar-refractivity contribution in [3.8, 4) is 5.75 Å². The molecule has 2 unspecified atom stereocenters. The van der Waals surface area contributed by atoms with E-state index in [0.717, 1.165) is 12.2 Å². The van der Waals surface area contributed by atoms with Crippen LogP contribution in [0.25, 0.3) is 0 Å². The normalized spacial score (nSPS) is 15.6. The van der Waals surface area contributed by atoms with Gasteiger partial charge < -0.3 is 10.1 Å². The second kappa shape index (κ2) is 8.38. The predicted molar refractivity (Wildman–Crippen MR) is 115 cm³/mol. The highest BCUT2D eigenvalue weighted by molar-refractivity contribution is 5.81. The Bertz CT molecular complexity index is 817.